The standard InChI is InChI=1S/C13H18N2O4/c1-3-5-9-14(4-2)13(17)10-7-6-8-11(12(10)16)15(18)19/h6-8,16H,3-5,9H2,1-2H3. The highest BCUT2D eigenvalue weighted by atomic mass is 16.6. The lowest BCUT2D eigenvalue weighted by atomic mass is 10.1. The summed E-state index contributed by atoms with van der Waals surface area (Å²) in [5.74, 6) is -0.940. The molecule has 1 rings (SSSR count). The highest BCUT2D eigenvalue weighted by Crippen LogP contribution is 2.30. The fourth-order valence-corrected chi connectivity index (χ4v) is 1.77. The van der Waals surface area contributed by atoms with Gasteiger partial charge < -0.3 is 10.0 Å². The van der Waals surface area contributed by atoms with Gasteiger partial charge in [-0.25, -0.2) is 0 Å². The van der Waals surface area contributed by atoms with Crippen LogP contribution in [-0.2, 0) is 0 Å². The van der Waals surface area contributed by atoms with Crippen LogP contribution in [0.5, 0.6) is 5.75 Å². The molecule has 1 aromatic rings. The van der Waals surface area contributed by atoms with Gasteiger partial charge in [0.05, 0.1) is 10.5 Å². The van der Waals surface area contributed by atoms with Gasteiger partial charge in [0.25, 0.3) is 5.91 Å². The number of para-hydroxylation sites is 1. The predicted molar refractivity (Wildman–Crippen MR) is 71.2 cm³/mol. The van der Waals surface area contributed by atoms with Gasteiger partial charge in [0.2, 0.25) is 5.75 Å². The summed E-state index contributed by atoms with van der Waals surface area (Å²) < 4.78 is 0. The number of aromatic hydroxyl groups is 1. The van der Waals surface area contributed by atoms with Crippen LogP contribution in [0.2, 0.25) is 0 Å². The second-order valence-electron chi connectivity index (χ2n) is 4.17. The first-order valence-electron chi connectivity index (χ1n) is 6.28. The molecule has 1 amide bonds. The van der Waals surface area contributed by atoms with Crippen molar-refractivity contribution in [2.45, 2.75) is 26.7 Å². The minimum Gasteiger partial charge on any atom is -0.502 e. The number of phenols is 1. The fraction of sp³-hybridized carbons (Fsp3) is 0.462. The molecule has 0 radical (unpaired) electrons. The molecular formula is C13H18N2O4. The third-order valence-electron chi connectivity index (χ3n) is 2.89. The number of carbonyl (C=O) groups is 1. The number of nitro groups is 1. The van der Waals surface area contributed by atoms with Gasteiger partial charge in [-0.15, -0.1) is 0 Å². The van der Waals surface area contributed by atoms with E-state index >= 15 is 0 Å². The molecule has 0 fully saturated rings. The molecule has 104 valence electrons. The van der Waals surface area contributed by atoms with Gasteiger partial charge in [-0.1, -0.05) is 19.4 Å². The second-order valence-corrected chi connectivity index (χ2v) is 4.17. The Morgan fingerprint density at radius 3 is 2.63 bits per heavy atom. The molecule has 0 bridgehead atoms. The number of benzene rings is 1. The molecular weight excluding hydrogens is 248 g/mol. The van der Waals surface area contributed by atoms with Crippen molar-refractivity contribution < 1.29 is 14.8 Å². The summed E-state index contributed by atoms with van der Waals surface area (Å²) in [5, 5.41) is 20.5. The van der Waals surface area contributed by atoms with Gasteiger partial charge in [0.15, 0.2) is 0 Å². The van der Waals surface area contributed by atoms with Crippen LogP contribution in [0.3, 0.4) is 0 Å². The van der Waals surface area contributed by atoms with E-state index in [1.54, 1.807) is 4.90 Å². The number of phenolic OH excluding ortho intramolecular Hbond substituents is 1. The Morgan fingerprint density at radius 1 is 1.42 bits per heavy atom. The number of carbonyl (C=O) groups excluding carboxylic acids is 1. The molecule has 0 aliphatic rings. The maximum Gasteiger partial charge on any atom is 0.311 e. The van der Waals surface area contributed by atoms with Crippen LogP contribution < -0.4 is 0 Å². The Kier molecular flexibility index (Phi) is 5.29. The third-order valence-corrected chi connectivity index (χ3v) is 2.89. The lowest BCUT2D eigenvalue weighted by molar-refractivity contribution is -0.385. The highest BCUT2D eigenvalue weighted by molar-refractivity contribution is 5.98. The Bertz CT molecular complexity index is 474. The number of amides is 1. The maximum absolute atomic E-state index is 12.2. The summed E-state index contributed by atoms with van der Waals surface area (Å²) in [6, 6.07) is 3.98. The molecule has 0 unspecified atom stereocenters. The summed E-state index contributed by atoms with van der Waals surface area (Å²) in [5.41, 5.74) is -0.468. The van der Waals surface area contributed by atoms with Gasteiger partial charge in [-0.2, -0.15) is 0 Å². The number of nitrogens with zero attached hydrogens (tertiary/aromatic N) is 2. The van der Waals surface area contributed by atoms with E-state index in [4.69, 9.17) is 0 Å². The van der Waals surface area contributed by atoms with E-state index in [0.29, 0.717) is 13.1 Å². The van der Waals surface area contributed by atoms with E-state index in [0.717, 1.165) is 12.8 Å². The average molecular weight is 266 g/mol. The molecule has 0 saturated heterocycles. The van der Waals surface area contributed by atoms with Gasteiger partial charge in [0, 0.05) is 19.2 Å². The molecule has 0 aliphatic heterocycles. The van der Waals surface area contributed by atoms with Crippen molar-refractivity contribution in [3.63, 3.8) is 0 Å². The summed E-state index contributed by atoms with van der Waals surface area (Å²) >= 11 is 0. The van der Waals surface area contributed by atoms with Crippen molar-refractivity contribution in [1.29, 1.82) is 0 Å². The van der Waals surface area contributed by atoms with E-state index in [1.807, 2.05) is 13.8 Å². The van der Waals surface area contributed by atoms with Crippen molar-refractivity contribution in [3.8, 4) is 5.75 Å². The molecule has 6 nitrogen and oxygen atoms in total. The Hall–Kier alpha value is -2.11. The Labute approximate surface area is 111 Å². The van der Waals surface area contributed by atoms with E-state index < -0.39 is 16.4 Å². The topological polar surface area (TPSA) is 83.7 Å². The lowest BCUT2D eigenvalue weighted by Gasteiger charge is -2.20. The van der Waals surface area contributed by atoms with Crippen molar-refractivity contribution >= 4 is 11.6 Å². The minimum absolute atomic E-state index is 0.0212. The zero-order valence-electron chi connectivity index (χ0n) is 11.1. The van der Waals surface area contributed by atoms with E-state index in [1.165, 1.54) is 18.2 Å². The quantitative estimate of drug-likeness (QED) is 0.633. The van der Waals surface area contributed by atoms with E-state index in [9.17, 15) is 20.0 Å². The predicted octanol–water partition coefficient (Wildman–Crippen LogP) is 2.56. The summed E-state index contributed by atoms with van der Waals surface area (Å²) in [6.45, 7) is 4.93. The number of hydrogen-bond donors (Lipinski definition) is 1. The van der Waals surface area contributed by atoms with Gasteiger partial charge >= 0.3 is 5.69 Å². The molecule has 0 spiro atoms. The average Bonchev–Trinajstić information content (AvgIpc) is 2.39. The van der Waals surface area contributed by atoms with Crippen molar-refractivity contribution in [1.82, 2.24) is 4.90 Å². The molecule has 0 aromatic heterocycles. The number of nitro benzene ring substituents is 1. The van der Waals surface area contributed by atoms with E-state index in [2.05, 4.69) is 0 Å². The summed E-state index contributed by atoms with van der Waals surface area (Å²) in [6.07, 6.45) is 1.81. The van der Waals surface area contributed by atoms with Crippen LogP contribution in [0.1, 0.15) is 37.0 Å². The molecule has 0 aliphatic carbocycles. The maximum atomic E-state index is 12.2. The molecule has 0 saturated carbocycles. The first-order chi connectivity index (χ1) is 9.02. The molecule has 19 heavy (non-hydrogen) atoms. The first kappa shape index (κ1) is 14.9. The van der Waals surface area contributed by atoms with Gasteiger partial charge in [0.1, 0.15) is 0 Å². The second kappa shape index (κ2) is 6.72. The van der Waals surface area contributed by atoms with Crippen LogP contribution >= 0.6 is 0 Å². The Balaban J connectivity index is 3.04. The van der Waals surface area contributed by atoms with Crippen molar-refractivity contribution in [2.24, 2.45) is 0 Å². The third kappa shape index (κ3) is 3.43. The number of unbranched alkanes of at least 4 members (excludes halogenated alkanes) is 1. The molecule has 6 heteroatoms. The van der Waals surface area contributed by atoms with Crippen molar-refractivity contribution in [2.75, 3.05) is 13.1 Å². The Morgan fingerprint density at radius 2 is 2.11 bits per heavy atom. The molecule has 0 atom stereocenters. The largest absolute Gasteiger partial charge is 0.502 e. The highest BCUT2D eigenvalue weighted by Gasteiger charge is 2.23. The normalized spacial score (nSPS) is 10.2. The first-order valence-corrected chi connectivity index (χ1v) is 6.28. The van der Waals surface area contributed by atoms with Gasteiger partial charge in [-0.3, -0.25) is 14.9 Å². The van der Waals surface area contributed by atoms with Crippen LogP contribution in [0.25, 0.3) is 0 Å². The summed E-state index contributed by atoms with van der Waals surface area (Å²) in [4.78, 5) is 23.8. The molecule has 1 aromatic carbocycles. The van der Waals surface area contributed by atoms with Crippen LogP contribution in [-0.4, -0.2) is 33.9 Å². The number of hydrogen-bond acceptors (Lipinski definition) is 4. The minimum atomic E-state index is -0.700. The van der Waals surface area contributed by atoms with Gasteiger partial charge in [-0.05, 0) is 19.4 Å². The fourth-order valence-electron chi connectivity index (χ4n) is 1.77. The zero-order chi connectivity index (χ0) is 14.4. The van der Waals surface area contributed by atoms with Crippen LogP contribution in [0.4, 0.5) is 5.69 Å². The smallest absolute Gasteiger partial charge is 0.311 e. The number of rotatable bonds is 6. The van der Waals surface area contributed by atoms with Crippen LogP contribution in [0.15, 0.2) is 18.2 Å². The lowest BCUT2D eigenvalue weighted by Crippen LogP contribution is -2.31. The van der Waals surface area contributed by atoms with Crippen molar-refractivity contribution in [3.05, 3.63) is 33.9 Å². The van der Waals surface area contributed by atoms with Crippen LogP contribution in [0, 0.1) is 10.1 Å². The monoisotopic (exact) mass is 266 g/mol. The zero-order valence-corrected chi connectivity index (χ0v) is 11.1. The molecule has 0 heterocycles. The SMILES string of the molecule is CCCCN(CC)C(=O)c1cccc([N+](=O)[O-])c1O. The summed E-state index contributed by atoms with van der Waals surface area (Å²) in [7, 11) is 0. The molecule has 1 N–H and O–H groups in total. The van der Waals surface area contributed by atoms with E-state index in [-0.39, 0.29) is 11.5 Å².